The summed E-state index contributed by atoms with van der Waals surface area (Å²) in [6.07, 6.45) is 5.79. The van der Waals surface area contributed by atoms with Crippen molar-refractivity contribution in [3.63, 3.8) is 0 Å². The summed E-state index contributed by atoms with van der Waals surface area (Å²) in [5.41, 5.74) is 1.74. The van der Waals surface area contributed by atoms with Crippen molar-refractivity contribution in [1.82, 2.24) is 5.32 Å². The van der Waals surface area contributed by atoms with Gasteiger partial charge in [0, 0.05) is 9.80 Å². The van der Waals surface area contributed by atoms with Crippen LogP contribution >= 0.6 is 31.9 Å². The van der Waals surface area contributed by atoms with E-state index in [1.54, 1.807) is 0 Å². The normalized spacial score (nSPS) is 18.1. The fraction of sp³-hybridized carbons (Fsp3) is 0.533. The maximum absolute atomic E-state index is 12.5. The van der Waals surface area contributed by atoms with Gasteiger partial charge in [0.25, 0.3) is 5.91 Å². The standard InChI is InChI=1S/C15H19Br2NO/c1-11-6-5-7-12(13(11)17)14(19)18-15(10-16)8-3-2-4-9-15/h5-7H,2-4,8-10H2,1H3,(H,18,19). The molecule has 0 aliphatic heterocycles. The molecule has 0 spiro atoms. The fourth-order valence-electron chi connectivity index (χ4n) is 2.65. The highest BCUT2D eigenvalue weighted by atomic mass is 79.9. The quantitative estimate of drug-likeness (QED) is 0.754. The Hall–Kier alpha value is -0.350. The largest absolute Gasteiger partial charge is 0.346 e. The number of alkyl halides is 1. The highest BCUT2D eigenvalue weighted by Gasteiger charge is 2.33. The van der Waals surface area contributed by atoms with Crippen LogP contribution in [0.25, 0.3) is 0 Å². The second-order valence-electron chi connectivity index (χ2n) is 5.37. The third kappa shape index (κ3) is 3.40. The van der Waals surface area contributed by atoms with Gasteiger partial charge in [-0.1, -0.05) is 47.3 Å². The molecule has 1 aliphatic rings. The van der Waals surface area contributed by atoms with E-state index in [9.17, 15) is 4.79 Å². The summed E-state index contributed by atoms with van der Waals surface area (Å²) in [4.78, 5) is 12.5. The SMILES string of the molecule is Cc1cccc(C(=O)NC2(CBr)CCCCC2)c1Br. The smallest absolute Gasteiger partial charge is 0.252 e. The predicted molar refractivity (Wildman–Crippen MR) is 86.0 cm³/mol. The number of benzene rings is 1. The summed E-state index contributed by atoms with van der Waals surface area (Å²) >= 11 is 7.09. The van der Waals surface area contributed by atoms with Gasteiger partial charge < -0.3 is 5.32 Å². The number of hydrogen-bond donors (Lipinski definition) is 1. The molecule has 0 heterocycles. The van der Waals surface area contributed by atoms with E-state index in [0.29, 0.717) is 0 Å². The Morgan fingerprint density at radius 3 is 2.63 bits per heavy atom. The Labute approximate surface area is 131 Å². The van der Waals surface area contributed by atoms with E-state index in [1.807, 2.05) is 25.1 Å². The zero-order valence-electron chi connectivity index (χ0n) is 11.1. The molecule has 1 fully saturated rings. The summed E-state index contributed by atoms with van der Waals surface area (Å²) in [6, 6.07) is 5.80. The van der Waals surface area contributed by atoms with Crippen LogP contribution in [0.4, 0.5) is 0 Å². The van der Waals surface area contributed by atoms with Crippen LogP contribution in [-0.4, -0.2) is 16.8 Å². The van der Waals surface area contributed by atoms with E-state index in [-0.39, 0.29) is 11.4 Å². The Bertz CT molecular complexity index is 467. The van der Waals surface area contributed by atoms with Crippen molar-refractivity contribution in [3.05, 3.63) is 33.8 Å². The van der Waals surface area contributed by atoms with Gasteiger partial charge in [0.15, 0.2) is 0 Å². The van der Waals surface area contributed by atoms with Gasteiger partial charge in [-0.05, 0) is 47.3 Å². The average Bonchev–Trinajstić information content (AvgIpc) is 2.42. The molecule has 0 aromatic heterocycles. The summed E-state index contributed by atoms with van der Waals surface area (Å²) in [5, 5.41) is 4.08. The van der Waals surface area contributed by atoms with Gasteiger partial charge in [0.2, 0.25) is 0 Å². The molecule has 2 rings (SSSR count). The van der Waals surface area contributed by atoms with Crippen LogP contribution in [-0.2, 0) is 0 Å². The molecule has 0 saturated heterocycles. The van der Waals surface area contributed by atoms with Crippen molar-refractivity contribution in [3.8, 4) is 0 Å². The molecule has 1 saturated carbocycles. The molecule has 0 unspecified atom stereocenters. The van der Waals surface area contributed by atoms with Gasteiger partial charge in [-0.15, -0.1) is 0 Å². The Morgan fingerprint density at radius 2 is 2.00 bits per heavy atom. The molecule has 2 nitrogen and oxygen atoms in total. The van der Waals surface area contributed by atoms with Gasteiger partial charge in [-0.3, -0.25) is 4.79 Å². The first kappa shape index (κ1) is 15.0. The summed E-state index contributed by atoms with van der Waals surface area (Å²) in [5.74, 6) is 0.0249. The van der Waals surface area contributed by atoms with E-state index >= 15 is 0 Å². The number of rotatable bonds is 3. The second kappa shape index (κ2) is 6.40. The summed E-state index contributed by atoms with van der Waals surface area (Å²) in [7, 11) is 0. The van der Waals surface area contributed by atoms with Gasteiger partial charge in [0.05, 0.1) is 11.1 Å². The Balaban J connectivity index is 2.17. The molecule has 4 heteroatoms. The number of aryl methyl sites for hydroxylation is 1. The number of carbonyl (C=O) groups is 1. The molecule has 1 aromatic carbocycles. The molecule has 1 amide bonds. The zero-order valence-corrected chi connectivity index (χ0v) is 14.3. The maximum atomic E-state index is 12.5. The van der Waals surface area contributed by atoms with E-state index in [4.69, 9.17) is 0 Å². The molecule has 1 N–H and O–H groups in total. The molecule has 1 aliphatic carbocycles. The van der Waals surface area contributed by atoms with Crippen molar-refractivity contribution in [2.45, 2.75) is 44.6 Å². The van der Waals surface area contributed by atoms with Gasteiger partial charge in [-0.25, -0.2) is 0 Å². The van der Waals surface area contributed by atoms with Crippen molar-refractivity contribution in [2.24, 2.45) is 0 Å². The van der Waals surface area contributed by atoms with Gasteiger partial charge in [0.1, 0.15) is 0 Å². The lowest BCUT2D eigenvalue weighted by molar-refractivity contribution is 0.0885. The van der Waals surface area contributed by atoms with Crippen LogP contribution in [0.1, 0.15) is 48.0 Å². The third-order valence-corrected chi connectivity index (χ3v) is 6.01. The highest BCUT2D eigenvalue weighted by molar-refractivity contribution is 9.10. The van der Waals surface area contributed by atoms with E-state index in [2.05, 4.69) is 37.2 Å². The molecule has 0 bridgehead atoms. The lowest BCUT2D eigenvalue weighted by atomic mass is 9.83. The van der Waals surface area contributed by atoms with E-state index in [0.717, 1.165) is 33.8 Å². The maximum Gasteiger partial charge on any atom is 0.252 e. The molecule has 104 valence electrons. The fourth-order valence-corrected chi connectivity index (χ4v) is 3.80. The lowest BCUT2D eigenvalue weighted by Gasteiger charge is -2.36. The number of carbonyl (C=O) groups excluding carboxylic acids is 1. The first-order valence-electron chi connectivity index (χ1n) is 6.72. The average molecular weight is 389 g/mol. The minimum Gasteiger partial charge on any atom is -0.346 e. The summed E-state index contributed by atoms with van der Waals surface area (Å²) in [6.45, 7) is 2.00. The highest BCUT2D eigenvalue weighted by Crippen LogP contribution is 2.31. The zero-order chi connectivity index (χ0) is 13.9. The Morgan fingerprint density at radius 1 is 1.32 bits per heavy atom. The number of nitrogens with one attached hydrogen (secondary N) is 1. The molecule has 1 aromatic rings. The van der Waals surface area contributed by atoms with Crippen LogP contribution < -0.4 is 5.32 Å². The first-order chi connectivity index (χ1) is 9.08. The molecule has 0 radical (unpaired) electrons. The topological polar surface area (TPSA) is 29.1 Å². The van der Waals surface area contributed by atoms with Crippen LogP contribution in [0, 0.1) is 6.92 Å². The number of halogens is 2. The third-order valence-electron chi connectivity index (χ3n) is 3.88. The second-order valence-corrected chi connectivity index (χ2v) is 6.72. The van der Waals surface area contributed by atoms with Crippen LogP contribution in [0.2, 0.25) is 0 Å². The van der Waals surface area contributed by atoms with E-state index < -0.39 is 0 Å². The monoisotopic (exact) mass is 387 g/mol. The van der Waals surface area contributed by atoms with Gasteiger partial charge >= 0.3 is 0 Å². The molecular formula is C15H19Br2NO. The Kier molecular flexibility index (Phi) is 5.07. The van der Waals surface area contributed by atoms with Crippen molar-refractivity contribution >= 4 is 37.8 Å². The minimum atomic E-state index is -0.0709. The van der Waals surface area contributed by atoms with E-state index in [1.165, 1.54) is 19.3 Å². The van der Waals surface area contributed by atoms with Gasteiger partial charge in [-0.2, -0.15) is 0 Å². The molecular weight excluding hydrogens is 370 g/mol. The minimum absolute atomic E-state index is 0.0249. The summed E-state index contributed by atoms with van der Waals surface area (Å²) < 4.78 is 0.896. The lowest BCUT2D eigenvalue weighted by Crippen LogP contribution is -2.51. The van der Waals surface area contributed by atoms with Crippen LogP contribution in [0.3, 0.4) is 0 Å². The van der Waals surface area contributed by atoms with Crippen molar-refractivity contribution in [1.29, 1.82) is 0 Å². The van der Waals surface area contributed by atoms with Crippen molar-refractivity contribution in [2.75, 3.05) is 5.33 Å². The predicted octanol–water partition coefficient (Wildman–Crippen LogP) is 4.59. The molecule has 0 atom stereocenters. The first-order valence-corrected chi connectivity index (χ1v) is 8.63. The number of amides is 1. The molecule has 19 heavy (non-hydrogen) atoms. The van der Waals surface area contributed by atoms with Crippen LogP contribution in [0.5, 0.6) is 0 Å². The van der Waals surface area contributed by atoms with Crippen LogP contribution in [0.15, 0.2) is 22.7 Å². The van der Waals surface area contributed by atoms with Crippen molar-refractivity contribution < 1.29 is 4.79 Å². The number of hydrogen-bond acceptors (Lipinski definition) is 1.